The van der Waals surface area contributed by atoms with Gasteiger partial charge >= 0.3 is 0 Å². The van der Waals surface area contributed by atoms with Crippen LogP contribution in [0.5, 0.6) is 0 Å². The number of hydrogen-bond acceptors (Lipinski definition) is 5. The molecule has 4 aliphatic rings. The van der Waals surface area contributed by atoms with Crippen LogP contribution in [0.1, 0.15) is 52.4 Å². The van der Waals surface area contributed by atoms with Crippen molar-refractivity contribution in [1.29, 1.82) is 0 Å². The number of rotatable bonds is 3. The molecule has 0 aromatic rings. The van der Waals surface area contributed by atoms with Crippen LogP contribution in [-0.4, -0.2) is 29.7 Å². The summed E-state index contributed by atoms with van der Waals surface area (Å²) >= 11 is 0. The molecule has 0 saturated heterocycles. The summed E-state index contributed by atoms with van der Waals surface area (Å²) in [6.07, 6.45) is 7.13. The highest BCUT2D eigenvalue weighted by Crippen LogP contribution is 2.64. The molecular weight excluding hydrogens is 354 g/mol. The average molecular weight is 383 g/mol. The van der Waals surface area contributed by atoms with E-state index < -0.39 is 22.5 Å². The second kappa shape index (κ2) is 6.50. The maximum absolute atomic E-state index is 13.3. The quantitative estimate of drug-likeness (QED) is 0.351. The Morgan fingerprint density at radius 3 is 2.50 bits per heavy atom. The minimum absolute atomic E-state index is 0.0306. The summed E-state index contributed by atoms with van der Waals surface area (Å²) in [6, 6.07) is 0. The van der Waals surface area contributed by atoms with Gasteiger partial charge in [-0.2, -0.15) is 0 Å². The fourth-order valence-electron chi connectivity index (χ4n) is 6.77. The first-order valence-corrected chi connectivity index (χ1v) is 10.4. The van der Waals surface area contributed by atoms with E-state index in [1.54, 1.807) is 12.3 Å². The molecule has 0 heterocycles. The normalized spacial score (nSPS) is 44.1. The van der Waals surface area contributed by atoms with Crippen molar-refractivity contribution in [2.24, 2.45) is 34.5 Å². The highest BCUT2D eigenvalue weighted by Gasteiger charge is 2.66. The van der Waals surface area contributed by atoms with Crippen LogP contribution in [-0.2, 0) is 19.2 Å². The first-order valence-electron chi connectivity index (χ1n) is 10.4. The van der Waals surface area contributed by atoms with Gasteiger partial charge < -0.3 is 5.32 Å². The van der Waals surface area contributed by atoms with Crippen molar-refractivity contribution in [3.05, 3.63) is 24.4 Å². The van der Waals surface area contributed by atoms with E-state index in [0.29, 0.717) is 37.8 Å². The van der Waals surface area contributed by atoms with Crippen molar-refractivity contribution in [3.8, 4) is 0 Å². The van der Waals surface area contributed by atoms with Gasteiger partial charge in [0.05, 0.1) is 5.92 Å². The third-order valence-electron chi connectivity index (χ3n) is 8.34. The molecule has 0 amide bonds. The molecular formula is C23H29NO4. The molecule has 5 heteroatoms. The van der Waals surface area contributed by atoms with Crippen LogP contribution < -0.4 is 5.32 Å². The highest BCUT2D eigenvalue weighted by molar-refractivity contribution is 6.41. The van der Waals surface area contributed by atoms with Crippen LogP contribution in [0.15, 0.2) is 24.4 Å². The number of carbonyl (C=O) groups excluding carboxylic acids is 4. The Labute approximate surface area is 166 Å². The van der Waals surface area contributed by atoms with Crippen molar-refractivity contribution >= 4 is 23.1 Å². The van der Waals surface area contributed by atoms with Gasteiger partial charge in [0.2, 0.25) is 11.6 Å². The molecule has 5 nitrogen and oxygen atoms in total. The predicted octanol–water partition coefficient (Wildman–Crippen LogP) is 2.79. The maximum Gasteiger partial charge on any atom is 0.206 e. The van der Waals surface area contributed by atoms with Gasteiger partial charge in [0.1, 0.15) is 5.78 Å². The van der Waals surface area contributed by atoms with Crippen molar-refractivity contribution in [3.63, 3.8) is 0 Å². The molecule has 4 saturated carbocycles. The van der Waals surface area contributed by atoms with Crippen molar-refractivity contribution in [2.75, 3.05) is 6.54 Å². The molecule has 28 heavy (non-hydrogen) atoms. The number of carbonyl (C=O) groups is 4. The first kappa shape index (κ1) is 19.3. The third kappa shape index (κ3) is 2.44. The van der Waals surface area contributed by atoms with E-state index in [1.807, 2.05) is 6.92 Å². The monoisotopic (exact) mass is 383 g/mol. The van der Waals surface area contributed by atoms with Crippen LogP contribution in [0.25, 0.3) is 0 Å². The molecule has 0 radical (unpaired) electrons. The fraction of sp³-hybridized carbons (Fsp3) is 0.652. The molecule has 0 aromatic heterocycles. The van der Waals surface area contributed by atoms with Crippen molar-refractivity contribution < 1.29 is 19.2 Å². The smallest absolute Gasteiger partial charge is 0.206 e. The summed E-state index contributed by atoms with van der Waals surface area (Å²) in [7, 11) is 0. The van der Waals surface area contributed by atoms with E-state index >= 15 is 0 Å². The summed E-state index contributed by atoms with van der Waals surface area (Å²) in [4.78, 5) is 51.8. The molecule has 1 unspecified atom stereocenters. The lowest BCUT2D eigenvalue weighted by atomic mass is 9.44. The SMILES string of the molecule is C=CCN/C=C1/C(=O)CC[C@@]2(C)C1C(=O)C(=O)[C@@H]1[C@@H]2CC[C@]2(C)C(=O)CC[C@@H]12. The Balaban J connectivity index is 1.76. The fourth-order valence-corrected chi connectivity index (χ4v) is 6.77. The molecule has 6 atom stereocenters. The molecule has 0 aliphatic heterocycles. The van der Waals surface area contributed by atoms with E-state index in [9.17, 15) is 19.2 Å². The van der Waals surface area contributed by atoms with Gasteiger partial charge in [-0.15, -0.1) is 6.58 Å². The van der Waals surface area contributed by atoms with Gasteiger partial charge in [-0.3, -0.25) is 19.2 Å². The lowest BCUT2D eigenvalue weighted by molar-refractivity contribution is -0.165. The van der Waals surface area contributed by atoms with E-state index in [-0.39, 0.29) is 35.1 Å². The molecule has 0 aromatic carbocycles. The van der Waals surface area contributed by atoms with E-state index in [0.717, 1.165) is 12.8 Å². The van der Waals surface area contributed by atoms with Gasteiger partial charge in [0.15, 0.2) is 5.78 Å². The van der Waals surface area contributed by atoms with Gasteiger partial charge in [-0.05, 0) is 42.9 Å². The third-order valence-corrected chi connectivity index (χ3v) is 8.34. The molecule has 150 valence electrons. The number of Topliss-reactive ketones (excluding diaryl/α,β-unsaturated/α-hetero) is 4. The van der Waals surface area contributed by atoms with Gasteiger partial charge in [0.25, 0.3) is 0 Å². The van der Waals surface area contributed by atoms with Gasteiger partial charge in [-0.1, -0.05) is 19.9 Å². The molecule has 4 rings (SSSR count). The zero-order chi connectivity index (χ0) is 20.3. The number of allylic oxidation sites excluding steroid dienone is 1. The maximum atomic E-state index is 13.3. The summed E-state index contributed by atoms with van der Waals surface area (Å²) in [5, 5.41) is 3.03. The number of hydrogen-bond donors (Lipinski definition) is 1. The molecule has 4 fully saturated rings. The summed E-state index contributed by atoms with van der Waals surface area (Å²) in [5.74, 6) is -1.57. The van der Waals surface area contributed by atoms with Crippen LogP contribution in [0, 0.1) is 34.5 Å². The van der Waals surface area contributed by atoms with E-state index in [4.69, 9.17) is 0 Å². The number of fused-ring (bicyclic) bond motifs is 5. The van der Waals surface area contributed by atoms with Crippen LogP contribution in [0.4, 0.5) is 0 Å². The lowest BCUT2D eigenvalue weighted by Gasteiger charge is -2.57. The Bertz CT molecular complexity index is 811. The van der Waals surface area contributed by atoms with Crippen molar-refractivity contribution in [2.45, 2.75) is 52.4 Å². The largest absolute Gasteiger partial charge is 0.387 e. The number of nitrogens with one attached hydrogen (secondary N) is 1. The lowest BCUT2D eigenvalue weighted by Crippen LogP contribution is -2.61. The Hall–Kier alpha value is -2.04. The Morgan fingerprint density at radius 1 is 1.04 bits per heavy atom. The minimum atomic E-state index is -0.665. The summed E-state index contributed by atoms with van der Waals surface area (Å²) in [6.45, 7) is 8.23. The predicted molar refractivity (Wildman–Crippen MR) is 104 cm³/mol. The Kier molecular flexibility index (Phi) is 4.48. The molecule has 0 spiro atoms. The van der Waals surface area contributed by atoms with Gasteiger partial charge in [0, 0.05) is 42.5 Å². The molecule has 4 aliphatic carbocycles. The molecule has 1 N–H and O–H groups in total. The van der Waals surface area contributed by atoms with Crippen LogP contribution in [0.2, 0.25) is 0 Å². The minimum Gasteiger partial charge on any atom is -0.387 e. The topological polar surface area (TPSA) is 80.3 Å². The summed E-state index contributed by atoms with van der Waals surface area (Å²) < 4.78 is 0. The average Bonchev–Trinajstić information content (AvgIpc) is 2.97. The standard InChI is InChI=1S/C23H29NO4/c1-4-11-24-12-13-16(25)8-10-23(3)15-7-9-22(2)14(5-6-17(22)26)18(15)20(27)21(28)19(13)23/h4,12,14-15,18-19,24H,1,5-11H2,2-3H3/b13-12-/t14-,15-,18-,19?,22-,23+/m0/s1. The second-order valence-corrected chi connectivity index (χ2v) is 9.54. The van der Waals surface area contributed by atoms with Crippen molar-refractivity contribution in [1.82, 2.24) is 5.32 Å². The first-order chi connectivity index (χ1) is 13.3. The zero-order valence-corrected chi connectivity index (χ0v) is 16.8. The number of ketones is 4. The van der Waals surface area contributed by atoms with Gasteiger partial charge in [-0.25, -0.2) is 0 Å². The Morgan fingerprint density at radius 2 is 1.79 bits per heavy atom. The summed E-state index contributed by atoms with van der Waals surface area (Å²) in [5.41, 5.74) is -0.420. The molecule has 0 bridgehead atoms. The second-order valence-electron chi connectivity index (χ2n) is 9.54. The highest BCUT2D eigenvalue weighted by atomic mass is 16.2. The van der Waals surface area contributed by atoms with E-state index in [1.165, 1.54) is 0 Å². The van der Waals surface area contributed by atoms with Crippen LogP contribution >= 0.6 is 0 Å². The zero-order valence-electron chi connectivity index (χ0n) is 16.8. The van der Waals surface area contributed by atoms with Crippen LogP contribution in [0.3, 0.4) is 0 Å². The van der Waals surface area contributed by atoms with E-state index in [2.05, 4.69) is 18.8 Å².